The molecule has 6 heteroatoms. The van der Waals surface area contributed by atoms with Gasteiger partial charge < -0.3 is 19.5 Å². The first-order valence-corrected chi connectivity index (χ1v) is 10.9. The number of benzene rings is 2. The standard InChI is InChI=1S/C25H29N3O3/c1-30-22-11-9-20(10-12-22)17-26-25(29)24-16-23(27-31-24)21-8-5-14-28(18-21)15-13-19-6-3-2-4-7-19/h2-4,6-7,9-12,16,21H,5,8,13-15,17-18H2,1H3,(H,26,29). The third-order valence-corrected chi connectivity index (χ3v) is 5.85. The van der Waals surface area contributed by atoms with E-state index < -0.39 is 0 Å². The highest BCUT2D eigenvalue weighted by atomic mass is 16.5. The molecule has 1 aliphatic heterocycles. The lowest BCUT2D eigenvalue weighted by Crippen LogP contribution is -2.35. The van der Waals surface area contributed by atoms with Gasteiger partial charge in [0.15, 0.2) is 0 Å². The molecule has 0 bridgehead atoms. The van der Waals surface area contributed by atoms with Crippen molar-refractivity contribution in [3.63, 3.8) is 0 Å². The maximum absolute atomic E-state index is 12.5. The Balaban J connectivity index is 1.29. The van der Waals surface area contributed by atoms with Crippen LogP contribution in [0, 0.1) is 0 Å². The van der Waals surface area contributed by atoms with Crippen molar-refractivity contribution in [2.75, 3.05) is 26.7 Å². The molecule has 0 aliphatic carbocycles. The molecule has 1 amide bonds. The SMILES string of the molecule is COc1ccc(CNC(=O)c2cc(C3CCCN(CCc4ccccc4)C3)no2)cc1. The molecule has 1 aliphatic rings. The van der Waals surface area contributed by atoms with Crippen LogP contribution in [0.25, 0.3) is 0 Å². The Morgan fingerprint density at radius 2 is 1.97 bits per heavy atom. The Morgan fingerprint density at radius 1 is 1.16 bits per heavy atom. The lowest BCUT2D eigenvalue weighted by molar-refractivity contribution is 0.0913. The molecule has 3 aromatic rings. The minimum atomic E-state index is -0.244. The van der Waals surface area contributed by atoms with Gasteiger partial charge in [0.05, 0.1) is 12.8 Å². The van der Waals surface area contributed by atoms with Crippen LogP contribution in [0.3, 0.4) is 0 Å². The van der Waals surface area contributed by atoms with E-state index in [0.717, 1.165) is 55.9 Å². The number of piperidine rings is 1. The van der Waals surface area contributed by atoms with Gasteiger partial charge in [-0.1, -0.05) is 47.6 Å². The van der Waals surface area contributed by atoms with Gasteiger partial charge in [-0.05, 0) is 49.1 Å². The lowest BCUT2D eigenvalue weighted by atomic mass is 9.94. The summed E-state index contributed by atoms with van der Waals surface area (Å²) in [6.07, 6.45) is 3.25. The van der Waals surface area contributed by atoms with E-state index in [1.54, 1.807) is 13.2 Å². The zero-order valence-electron chi connectivity index (χ0n) is 17.9. The maximum Gasteiger partial charge on any atom is 0.290 e. The van der Waals surface area contributed by atoms with Gasteiger partial charge in [0, 0.05) is 31.6 Å². The largest absolute Gasteiger partial charge is 0.497 e. The Morgan fingerprint density at radius 3 is 2.74 bits per heavy atom. The van der Waals surface area contributed by atoms with Gasteiger partial charge in [0.2, 0.25) is 5.76 Å². The number of aromatic nitrogens is 1. The first-order valence-electron chi connectivity index (χ1n) is 10.9. The summed E-state index contributed by atoms with van der Waals surface area (Å²) in [4.78, 5) is 15.0. The molecule has 1 unspecified atom stereocenters. The van der Waals surface area contributed by atoms with E-state index >= 15 is 0 Å². The molecular formula is C25H29N3O3. The minimum absolute atomic E-state index is 0.244. The Labute approximate surface area is 183 Å². The molecule has 1 saturated heterocycles. The van der Waals surface area contributed by atoms with Crippen LogP contribution in [0.5, 0.6) is 5.75 Å². The van der Waals surface area contributed by atoms with Gasteiger partial charge in [-0.2, -0.15) is 0 Å². The second kappa shape index (κ2) is 10.3. The molecular weight excluding hydrogens is 390 g/mol. The van der Waals surface area contributed by atoms with Crippen LogP contribution in [0.2, 0.25) is 0 Å². The summed E-state index contributed by atoms with van der Waals surface area (Å²) in [6, 6.07) is 20.0. The van der Waals surface area contributed by atoms with Crippen LogP contribution in [-0.4, -0.2) is 42.7 Å². The number of hydrogen-bond acceptors (Lipinski definition) is 5. The van der Waals surface area contributed by atoms with Crippen LogP contribution in [0.15, 0.2) is 65.2 Å². The highest BCUT2D eigenvalue weighted by Crippen LogP contribution is 2.27. The van der Waals surface area contributed by atoms with Crippen molar-refractivity contribution < 1.29 is 14.1 Å². The Hall–Kier alpha value is -3.12. The summed E-state index contributed by atoms with van der Waals surface area (Å²) in [5, 5.41) is 7.10. The minimum Gasteiger partial charge on any atom is -0.497 e. The van der Waals surface area contributed by atoms with Gasteiger partial charge in [-0.15, -0.1) is 0 Å². The van der Waals surface area contributed by atoms with Gasteiger partial charge in [-0.25, -0.2) is 0 Å². The van der Waals surface area contributed by atoms with Crippen molar-refractivity contribution in [1.29, 1.82) is 0 Å². The fourth-order valence-electron chi connectivity index (χ4n) is 4.03. The number of amides is 1. The molecule has 0 radical (unpaired) electrons. The second-order valence-electron chi connectivity index (χ2n) is 8.02. The van der Waals surface area contributed by atoms with Crippen molar-refractivity contribution in [1.82, 2.24) is 15.4 Å². The lowest BCUT2D eigenvalue weighted by Gasteiger charge is -2.31. The van der Waals surface area contributed by atoms with E-state index in [4.69, 9.17) is 9.26 Å². The molecule has 0 saturated carbocycles. The summed E-state index contributed by atoms with van der Waals surface area (Å²) >= 11 is 0. The average Bonchev–Trinajstić information content (AvgIpc) is 3.33. The predicted molar refractivity (Wildman–Crippen MR) is 119 cm³/mol. The summed E-state index contributed by atoms with van der Waals surface area (Å²) < 4.78 is 10.5. The van der Waals surface area contributed by atoms with Crippen LogP contribution < -0.4 is 10.1 Å². The molecule has 1 atom stereocenters. The third kappa shape index (κ3) is 5.73. The molecule has 162 valence electrons. The first kappa shape index (κ1) is 21.1. The number of nitrogens with zero attached hydrogens (tertiary/aromatic N) is 2. The number of hydrogen-bond donors (Lipinski definition) is 1. The molecule has 31 heavy (non-hydrogen) atoms. The zero-order valence-corrected chi connectivity index (χ0v) is 17.9. The fourth-order valence-corrected chi connectivity index (χ4v) is 4.03. The van der Waals surface area contributed by atoms with E-state index in [1.165, 1.54) is 5.56 Å². The smallest absolute Gasteiger partial charge is 0.290 e. The molecule has 1 aromatic heterocycles. The van der Waals surface area contributed by atoms with E-state index in [-0.39, 0.29) is 11.7 Å². The fraction of sp³-hybridized carbons (Fsp3) is 0.360. The molecule has 1 fully saturated rings. The van der Waals surface area contributed by atoms with Gasteiger partial charge in [-0.3, -0.25) is 4.79 Å². The number of carbonyl (C=O) groups excluding carboxylic acids is 1. The summed E-state index contributed by atoms with van der Waals surface area (Å²) in [6.45, 7) is 3.52. The average molecular weight is 420 g/mol. The summed E-state index contributed by atoms with van der Waals surface area (Å²) in [5.41, 5.74) is 3.23. The van der Waals surface area contributed by atoms with Gasteiger partial charge in [0.1, 0.15) is 5.75 Å². The number of ether oxygens (including phenoxy) is 1. The maximum atomic E-state index is 12.5. The van der Waals surface area contributed by atoms with Crippen LogP contribution in [-0.2, 0) is 13.0 Å². The molecule has 6 nitrogen and oxygen atoms in total. The van der Waals surface area contributed by atoms with Crippen molar-refractivity contribution in [2.24, 2.45) is 0 Å². The van der Waals surface area contributed by atoms with E-state index in [0.29, 0.717) is 12.5 Å². The first-order chi connectivity index (χ1) is 15.2. The third-order valence-electron chi connectivity index (χ3n) is 5.85. The van der Waals surface area contributed by atoms with Crippen molar-refractivity contribution in [2.45, 2.75) is 31.7 Å². The number of methoxy groups -OCH3 is 1. The monoisotopic (exact) mass is 419 g/mol. The van der Waals surface area contributed by atoms with Crippen LogP contribution >= 0.6 is 0 Å². The van der Waals surface area contributed by atoms with E-state index in [1.807, 2.05) is 24.3 Å². The number of nitrogens with one attached hydrogen (secondary N) is 1. The summed E-state index contributed by atoms with van der Waals surface area (Å²) in [5.74, 6) is 1.12. The molecule has 2 heterocycles. The number of carbonyl (C=O) groups is 1. The van der Waals surface area contributed by atoms with Crippen LogP contribution in [0.1, 0.15) is 46.1 Å². The quantitative estimate of drug-likeness (QED) is 0.597. The van der Waals surface area contributed by atoms with Crippen molar-refractivity contribution in [3.8, 4) is 5.75 Å². The highest BCUT2D eigenvalue weighted by Gasteiger charge is 2.25. The van der Waals surface area contributed by atoms with E-state index in [9.17, 15) is 4.79 Å². The predicted octanol–water partition coefficient (Wildman–Crippen LogP) is 4.04. The molecule has 2 aromatic carbocycles. The number of rotatable bonds is 8. The van der Waals surface area contributed by atoms with Crippen molar-refractivity contribution in [3.05, 3.63) is 83.2 Å². The Bertz CT molecular complexity index is 969. The molecule has 0 spiro atoms. The van der Waals surface area contributed by atoms with Gasteiger partial charge in [0.25, 0.3) is 5.91 Å². The highest BCUT2D eigenvalue weighted by molar-refractivity contribution is 5.91. The topological polar surface area (TPSA) is 67.6 Å². The molecule has 4 rings (SSSR count). The van der Waals surface area contributed by atoms with E-state index in [2.05, 4.69) is 45.7 Å². The Kier molecular flexibility index (Phi) is 6.99. The van der Waals surface area contributed by atoms with Crippen molar-refractivity contribution >= 4 is 5.91 Å². The van der Waals surface area contributed by atoms with Crippen LogP contribution in [0.4, 0.5) is 0 Å². The number of likely N-dealkylation sites (tertiary alicyclic amines) is 1. The normalized spacial score (nSPS) is 16.7. The summed E-state index contributed by atoms with van der Waals surface area (Å²) in [7, 11) is 1.63. The zero-order chi connectivity index (χ0) is 21.5. The van der Waals surface area contributed by atoms with Gasteiger partial charge >= 0.3 is 0 Å². The second-order valence-corrected chi connectivity index (χ2v) is 8.02. The molecule has 1 N–H and O–H groups in total.